The molecule has 0 bridgehead atoms. The maximum Gasteiger partial charge on any atom is 0.320 e. The molecule has 0 aliphatic carbocycles. The zero-order chi connectivity index (χ0) is 20.4. The monoisotopic (exact) mass is 413 g/mol. The summed E-state index contributed by atoms with van der Waals surface area (Å²) in [5, 5.41) is 0. The number of hydrogen-bond donors (Lipinski definition) is 0. The fourth-order valence-corrected chi connectivity index (χ4v) is 5.74. The molecule has 2 aliphatic heterocycles. The van der Waals surface area contributed by atoms with Crippen LogP contribution in [0.25, 0.3) is 0 Å². The van der Waals surface area contributed by atoms with Crippen molar-refractivity contribution in [1.29, 1.82) is 0 Å². The lowest BCUT2D eigenvalue weighted by Gasteiger charge is -2.35. The maximum absolute atomic E-state index is 12.9. The van der Waals surface area contributed by atoms with Crippen LogP contribution in [0.3, 0.4) is 0 Å². The number of urea groups is 1. The van der Waals surface area contributed by atoms with E-state index in [0.29, 0.717) is 43.9 Å². The summed E-state index contributed by atoms with van der Waals surface area (Å²) in [6.07, 6.45) is 1.35. The van der Waals surface area contributed by atoms with E-state index in [1.54, 1.807) is 28.6 Å². The van der Waals surface area contributed by atoms with Crippen LogP contribution >= 0.6 is 0 Å². The van der Waals surface area contributed by atoms with Crippen molar-refractivity contribution in [2.75, 3.05) is 26.2 Å². The second-order valence-electron chi connectivity index (χ2n) is 7.83. The molecule has 2 aromatic carbocycles. The normalized spacial score (nSPS) is 19.1. The van der Waals surface area contributed by atoms with Crippen LogP contribution in [0.15, 0.2) is 59.5 Å². The minimum absolute atomic E-state index is 0.0656. The molecule has 0 saturated carbocycles. The molecule has 6 nitrogen and oxygen atoms in total. The standard InChI is InChI=1S/C22H27N3O3S/c1-18-6-5-7-19(16-18)17-23-14-15-25(22(23)26)20-10-12-24(13-11-20)29(27,28)21-8-3-2-4-9-21/h2-9,16,20H,10-15,17H2,1H3. The third kappa shape index (κ3) is 4.16. The van der Waals surface area contributed by atoms with Gasteiger partial charge in [0.15, 0.2) is 0 Å². The summed E-state index contributed by atoms with van der Waals surface area (Å²) in [5.74, 6) is 0. The van der Waals surface area contributed by atoms with Crippen LogP contribution in [0.1, 0.15) is 24.0 Å². The zero-order valence-corrected chi connectivity index (χ0v) is 17.5. The molecule has 154 valence electrons. The molecule has 2 fully saturated rings. The van der Waals surface area contributed by atoms with Crippen LogP contribution in [0, 0.1) is 6.92 Å². The SMILES string of the molecule is Cc1cccc(CN2CCN(C3CCN(S(=O)(=O)c4ccccc4)CC3)C2=O)c1. The quantitative estimate of drug-likeness (QED) is 0.757. The minimum Gasteiger partial charge on any atom is -0.320 e. The summed E-state index contributed by atoms with van der Waals surface area (Å²) in [7, 11) is -3.46. The van der Waals surface area contributed by atoms with Gasteiger partial charge >= 0.3 is 6.03 Å². The number of carbonyl (C=O) groups excluding carboxylic acids is 1. The van der Waals surface area contributed by atoms with Gasteiger partial charge in [0, 0.05) is 38.8 Å². The second-order valence-corrected chi connectivity index (χ2v) is 9.77. The number of hydrogen-bond acceptors (Lipinski definition) is 3. The van der Waals surface area contributed by atoms with Gasteiger partial charge in [-0.1, -0.05) is 48.0 Å². The van der Waals surface area contributed by atoms with E-state index in [0.717, 1.165) is 12.1 Å². The Morgan fingerprint density at radius 3 is 2.34 bits per heavy atom. The van der Waals surface area contributed by atoms with Crippen molar-refractivity contribution in [3.05, 3.63) is 65.7 Å². The van der Waals surface area contributed by atoms with Gasteiger partial charge in [-0.05, 0) is 37.5 Å². The fourth-order valence-electron chi connectivity index (χ4n) is 4.25. The lowest BCUT2D eigenvalue weighted by molar-refractivity contribution is 0.153. The molecule has 29 heavy (non-hydrogen) atoms. The molecule has 2 heterocycles. The van der Waals surface area contributed by atoms with Crippen molar-refractivity contribution in [1.82, 2.24) is 14.1 Å². The van der Waals surface area contributed by atoms with Crippen molar-refractivity contribution >= 4 is 16.1 Å². The van der Waals surface area contributed by atoms with Gasteiger partial charge in [-0.3, -0.25) is 0 Å². The van der Waals surface area contributed by atoms with Gasteiger partial charge < -0.3 is 9.80 Å². The Balaban J connectivity index is 1.36. The van der Waals surface area contributed by atoms with Gasteiger partial charge in [0.2, 0.25) is 10.0 Å². The first-order chi connectivity index (χ1) is 13.9. The lowest BCUT2D eigenvalue weighted by Crippen LogP contribution is -2.47. The Bertz CT molecular complexity index is 970. The van der Waals surface area contributed by atoms with Crippen LogP contribution in [0.2, 0.25) is 0 Å². The number of sulfonamides is 1. The van der Waals surface area contributed by atoms with E-state index in [2.05, 4.69) is 25.1 Å². The van der Waals surface area contributed by atoms with Crippen molar-refractivity contribution in [2.24, 2.45) is 0 Å². The molecule has 4 rings (SSSR count). The van der Waals surface area contributed by atoms with E-state index in [-0.39, 0.29) is 12.1 Å². The lowest BCUT2D eigenvalue weighted by atomic mass is 10.1. The molecule has 0 N–H and O–H groups in total. The highest BCUT2D eigenvalue weighted by molar-refractivity contribution is 7.89. The number of nitrogens with zero attached hydrogens (tertiary/aromatic N) is 3. The summed E-state index contributed by atoms with van der Waals surface area (Å²) in [4.78, 5) is 17.1. The Hall–Kier alpha value is -2.38. The van der Waals surface area contributed by atoms with Crippen LogP contribution in [0.4, 0.5) is 4.79 Å². The van der Waals surface area contributed by atoms with E-state index in [4.69, 9.17) is 0 Å². The molecular weight excluding hydrogens is 386 g/mol. The van der Waals surface area contributed by atoms with Crippen molar-refractivity contribution in [2.45, 2.75) is 37.2 Å². The Morgan fingerprint density at radius 2 is 1.66 bits per heavy atom. The van der Waals surface area contributed by atoms with Gasteiger partial charge in [-0.2, -0.15) is 4.31 Å². The predicted octanol–water partition coefficient (Wildman–Crippen LogP) is 3.09. The molecule has 2 aromatic rings. The first-order valence-corrected chi connectivity index (χ1v) is 11.6. The number of carbonyl (C=O) groups is 1. The molecule has 0 spiro atoms. The average molecular weight is 414 g/mol. The molecule has 2 saturated heterocycles. The van der Waals surface area contributed by atoms with Crippen molar-refractivity contribution in [3.8, 4) is 0 Å². The summed E-state index contributed by atoms with van der Waals surface area (Å²) in [6, 6.07) is 17.0. The Kier molecular flexibility index (Phi) is 5.61. The summed E-state index contributed by atoms with van der Waals surface area (Å²) in [5.41, 5.74) is 2.34. The first-order valence-electron chi connectivity index (χ1n) is 10.1. The number of rotatable bonds is 5. The number of amides is 2. The molecule has 0 aromatic heterocycles. The smallest absolute Gasteiger partial charge is 0.320 e. The Morgan fingerprint density at radius 1 is 0.931 bits per heavy atom. The average Bonchev–Trinajstić information content (AvgIpc) is 3.09. The van der Waals surface area contributed by atoms with Crippen LogP contribution in [-0.2, 0) is 16.6 Å². The van der Waals surface area contributed by atoms with E-state index in [1.165, 1.54) is 5.56 Å². The highest BCUT2D eigenvalue weighted by atomic mass is 32.2. The van der Waals surface area contributed by atoms with Gasteiger partial charge in [0.05, 0.1) is 4.90 Å². The van der Waals surface area contributed by atoms with Crippen molar-refractivity contribution in [3.63, 3.8) is 0 Å². The molecule has 0 radical (unpaired) electrons. The first kappa shape index (κ1) is 19.9. The van der Waals surface area contributed by atoms with E-state index < -0.39 is 10.0 Å². The van der Waals surface area contributed by atoms with Crippen LogP contribution in [-0.4, -0.2) is 60.8 Å². The third-order valence-electron chi connectivity index (χ3n) is 5.83. The maximum atomic E-state index is 12.9. The van der Waals surface area contributed by atoms with Gasteiger partial charge in [-0.15, -0.1) is 0 Å². The molecule has 2 aliphatic rings. The topological polar surface area (TPSA) is 60.9 Å². The van der Waals surface area contributed by atoms with Crippen molar-refractivity contribution < 1.29 is 13.2 Å². The third-order valence-corrected chi connectivity index (χ3v) is 7.74. The second kappa shape index (κ2) is 8.16. The van der Waals surface area contributed by atoms with Crippen LogP contribution < -0.4 is 0 Å². The highest BCUT2D eigenvalue weighted by Crippen LogP contribution is 2.26. The number of aryl methyl sites for hydroxylation is 1. The molecule has 0 atom stereocenters. The predicted molar refractivity (Wildman–Crippen MR) is 112 cm³/mol. The van der Waals surface area contributed by atoms with E-state index in [9.17, 15) is 13.2 Å². The number of benzene rings is 2. The van der Waals surface area contributed by atoms with E-state index >= 15 is 0 Å². The molecular formula is C22H27N3O3S. The zero-order valence-electron chi connectivity index (χ0n) is 16.7. The molecule has 7 heteroatoms. The summed E-state index contributed by atoms with van der Waals surface area (Å²) >= 11 is 0. The van der Waals surface area contributed by atoms with Gasteiger partial charge in [0.25, 0.3) is 0 Å². The summed E-state index contributed by atoms with van der Waals surface area (Å²) in [6.45, 7) is 5.00. The largest absolute Gasteiger partial charge is 0.320 e. The molecule has 2 amide bonds. The van der Waals surface area contributed by atoms with Gasteiger partial charge in [0.1, 0.15) is 0 Å². The Labute approximate surface area is 172 Å². The van der Waals surface area contributed by atoms with Crippen LogP contribution in [0.5, 0.6) is 0 Å². The van der Waals surface area contributed by atoms with Gasteiger partial charge in [-0.25, -0.2) is 13.2 Å². The molecule has 0 unspecified atom stereocenters. The fraction of sp³-hybridized carbons (Fsp3) is 0.409. The highest BCUT2D eigenvalue weighted by Gasteiger charge is 2.37. The summed E-state index contributed by atoms with van der Waals surface area (Å²) < 4.78 is 27.1. The number of piperidine rings is 1. The van der Waals surface area contributed by atoms with E-state index in [1.807, 2.05) is 21.9 Å². The minimum atomic E-state index is -3.46.